The van der Waals surface area contributed by atoms with Gasteiger partial charge in [-0.05, 0) is 42.8 Å². The van der Waals surface area contributed by atoms with E-state index in [0.717, 1.165) is 5.56 Å². The minimum Gasteiger partial charge on any atom is -0.493 e. The summed E-state index contributed by atoms with van der Waals surface area (Å²) in [5.74, 6) is -1.12. The van der Waals surface area contributed by atoms with Gasteiger partial charge in [0.25, 0.3) is 5.91 Å². The van der Waals surface area contributed by atoms with Crippen LogP contribution in [0.4, 0.5) is 0 Å². The zero-order valence-corrected chi connectivity index (χ0v) is 16.0. The normalized spacial score (nSPS) is 11.6. The summed E-state index contributed by atoms with van der Waals surface area (Å²) in [4.78, 5) is 11.1. The van der Waals surface area contributed by atoms with E-state index in [1.165, 1.54) is 37.5 Å². The van der Waals surface area contributed by atoms with Gasteiger partial charge in [-0.25, -0.2) is 0 Å². The maximum absolute atomic E-state index is 12.5. The van der Waals surface area contributed by atoms with E-state index in [0.29, 0.717) is 5.56 Å². The smallest absolute Gasteiger partial charge is 0.339 e. The zero-order chi connectivity index (χ0) is 20.2. The Kier molecular flexibility index (Phi) is 6.10. The number of methoxy groups -OCH3 is 1. The maximum atomic E-state index is 12.5. The van der Waals surface area contributed by atoms with Crippen LogP contribution in [0.3, 0.4) is 0 Å². The van der Waals surface area contributed by atoms with E-state index in [4.69, 9.17) is 31.5 Å². The summed E-state index contributed by atoms with van der Waals surface area (Å²) in [5, 5.41) is 8.83. The third-order valence-electron chi connectivity index (χ3n) is 3.45. The fourth-order valence-electron chi connectivity index (χ4n) is 2.09. The van der Waals surface area contributed by atoms with Crippen LogP contribution in [0.1, 0.15) is 11.1 Å². The number of halogens is 1. The Morgan fingerprint density at radius 2 is 1.89 bits per heavy atom. The van der Waals surface area contributed by atoms with Crippen molar-refractivity contribution in [3.63, 3.8) is 0 Å². The number of rotatable bonds is 6. The molecule has 0 heterocycles. The quantitative estimate of drug-likeness (QED) is 0.447. The molecule has 0 aliphatic carbocycles. The summed E-state index contributed by atoms with van der Waals surface area (Å²) in [6.07, 6.45) is 1.20. The highest BCUT2D eigenvalue weighted by Gasteiger charge is 2.22. The molecule has 7 nitrogen and oxygen atoms in total. The first-order valence-corrected chi connectivity index (χ1v) is 9.27. The first-order valence-electron chi connectivity index (χ1n) is 7.48. The number of nitriles is 1. The predicted octanol–water partition coefficient (Wildman–Crippen LogP) is 2.82. The van der Waals surface area contributed by atoms with Crippen LogP contribution in [0.15, 0.2) is 46.9 Å². The van der Waals surface area contributed by atoms with Crippen LogP contribution in [-0.4, -0.2) is 21.4 Å². The molecule has 0 aromatic heterocycles. The lowest BCUT2D eigenvalue weighted by molar-refractivity contribution is -0.114. The molecular weight excluding hydrogens is 392 g/mol. The Hall–Kier alpha value is -3.02. The summed E-state index contributed by atoms with van der Waals surface area (Å²) in [7, 11) is -2.85. The molecule has 2 aromatic carbocycles. The van der Waals surface area contributed by atoms with Crippen molar-refractivity contribution in [2.24, 2.45) is 5.73 Å². The van der Waals surface area contributed by atoms with Gasteiger partial charge in [-0.15, -0.1) is 0 Å². The van der Waals surface area contributed by atoms with Gasteiger partial charge in [0.05, 0.1) is 12.1 Å². The molecule has 140 valence electrons. The Labute approximate surface area is 161 Å². The van der Waals surface area contributed by atoms with E-state index in [1.807, 2.05) is 6.92 Å². The molecule has 1 amide bonds. The van der Waals surface area contributed by atoms with Gasteiger partial charge in [0, 0.05) is 0 Å². The van der Waals surface area contributed by atoms with E-state index in [2.05, 4.69) is 0 Å². The van der Waals surface area contributed by atoms with E-state index in [-0.39, 0.29) is 27.0 Å². The minimum atomic E-state index is -4.15. The standard InChI is InChI=1S/C18H15ClN2O5S/c1-11-3-5-14(6-4-11)27(23,24)26-17-15(19)8-12(9-16(17)25-2)7-13(10-20)18(21)22/h3-9H,1-2H3,(H2,21,22)/b13-7+. The summed E-state index contributed by atoms with van der Waals surface area (Å²) in [5.41, 5.74) is 6.00. The van der Waals surface area contributed by atoms with Crippen LogP contribution < -0.4 is 14.7 Å². The molecule has 0 aliphatic rings. The average Bonchev–Trinajstić information content (AvgIpc) is 2.61. The fourth-order valence-corrected chi connectivity index (χ4v) is 3.35. The Bertz CT molecular complexity index is 1050. The highest BCUT2D eigenvalue weighted by Crippen LogP contribution is 2.38. The number of carbonyl (C=O) groups excluding carboxylic acids is 1. The molecule has 27 heavy (non-hydrogen) atoms. The van der Waals surface area contributed by atoms with Gasteiger partial charge in [-0.3, -0.25) is 4.79 Å². The van der Waals surface area contributed by atoms with Crippen molar-refractivity contribution >= 4 is 33.7 Å². The molecule has 0 unspecified atom stereocenters. The monoisotopic (exact) mass is 406 g/mol. The molecule has 0 saturated carbocycles. The largest absolute Gasteiger partial charge is 0.493 e. The second-order valence-electron chi connectivity index (χ2n) is 5.42. The molecule has 0 bridgehead atoms. The van der Waals surface area contributed by atoms with Crippen LogP contribution in [0, 0.1) is 18.3 Å². The van der Waals surface area contributed by atoms with Crippen molar-refractivity contribution in [1.82, 2.24) is 0 Å². The number of ether oxygens (including phenoxy) is 1. The Morgan fingerprint density at radius 3 is 2.41 bits per heavy atom. The van der Waals surface area contributed by atoms with Gasteiger partial charge in [0.15, 0.2) is 5.75 Å². The van der Waals surface area contributed by atoms with Gasteiger partial charge >= 0.3 is 10.1 Å². The van der Waals surface area contributed by atoms with E-state index >= 15 is 0 Å². The molecule has 2 rings (SSSR count). The summed E-state index contributed by atoms with van der Waals surface area (Å²) in [6, 6.07) is 10.4. The summed E-state index contributed by atoms with van der Waals surface area (Å²) >= 11 is 6.14. The van der Waals surface area contributed by atoms with Crippen LogP contribution in [0.25, 0.3) is 6.08 Å². The zero-order valence-electron chi connectivity index (χ0n) is 14.4. The van der Waals surface area contributed by atoms with Gasteiger partial charge in [0.2, 0.25) is 5.75 Å². The van der Waals surface area contributed by atoms with Crippen molar-refractivity contribution in [3.05, 3.63) is 58.1 Å². The molecule has 0 spiro atoms. The second-order valence-corrected chi connectivity index (χ2v) is 7.37. The highest BCUT2D eigenvalue weighted by atomic mass is 35.5. The number of benzene rings is 2. The SMILES string of the molecule is COc1cc(/C=C(\C#N)C(N)=O)cc(Cl)c1OS(=O)(=O)c1ccc(C)cc1. The van der Waals surface area contributed by atoms with Crippen LogP contribution in [0.5, 0.6) is 11.5 Å². The number of carbonyl (C=O) groups is 1. The van der Waals surface area contributed by atoms with E-state index in [1.54, 1.807) is 18.2 Å². The molecule has 9 heteroatoms. The minimum absolute atomic E-state index is 0.00574. The summed E-state index contributed by atoms with van der Waals surface area (Å²) in [6.45, 7) is 1.82. The van der Waals surface area contributed by atoms with Crippen LogP contribution in [0.2, 0.25) is 5.02 Å². The van der Waals surface area contributed by atoms with Gasteiger partial charge < -0.3 is 14.7 Å². The molecule has 0 aliphatic heterocycles. The molecule has 2 aromatic rings. The number of nitrogens with zero attached hydrogens (tertiary/aromatic N) is 1. The number of hydrogen-bond donors (Lipinski definition) is 1. The second kappa shape index (κ2) is 8.12. The first-order chi connectivity index (χ1) is 12.7. The van der Waals surface area contributed by atoms with Gasteiger partial charge in [-0.2, -0.15) is 13.7 Å². The number of aryl methyl sites for hydroxylation is 1. The third-order valence-corrected chi connectivity index (χ3v) is 4.97. The lowest BCUT2D eigenvalue weighted by Gasteiger charge is -2.13. The number of primary amides is 1. The lowest BCUT2D eigenvalue weighted by atomic mass is 10.1. The fraction of sp³-hybridized carbons (Fsp3) is 0.111. The Morgan fingerprint density at radius 1 is 1.26 bits per heavy atom. The number of amides is 1. The molecule has 0 radical (unpaired) electrons. The summed E-state index contributed by atoms with van der Waals surface area (Å²) < 4.78 is 35.3. The van der Waals surface area contributed by atoms with Crippen molar-refractivity contribution < 1.29 is 22.1 Å². The molecule has 0 atom stereocenters. The van der Waals surface area contributed by atoms with Crippen LogP contribution in [-0.2, 0) is 14.9 Å². The van der Waals surface area contributed by atoms with Crippen molar-refractivity contribution in [2.75, 3.05) is 7.11 Å². The number of nitrogens with two attached hydrogens (primary N) is 1. The molecule has 0 fully saturated rings. The maximum Gasteiger partial charge on any atom is 0.339 e. The molecule has 0 saturated heterocycles. The van der Waals surface area contributed by atoms with Crippen molar-refractivity contribution in [3.8, 4) is 17.6 Å². The lowest BCUT2D eigenvalue weighted by Crippen LogP contribution is -2.12. The van der Waals surface area contributed by atoms with Crippen molar-refractivity contribution in [2.45, 2.75) is 11.8 Å². The van der Waals surface area contributed by atoms with Gasteiger partial charge in [0.1, 0.15) is 16.5 Å². The number of hydrogen-bond acceptors (Lipinski definition) is 6. The van der Waals surface area contributed by atoms with Crippen LogP contribution >= 0.6 is 11.6 Å². The topological polar surface area (TPSA) is 119 Å². The average molecular weight is 407 g/mol. The van der Waals surface area contributed by atoms with E-state index in [9.17, 15) is 13.2 Å². The Balaban J connectivity index is 2.48. The predicted molar refractivity (Wildman–Crippen MR) is 99.8 cm³/mol. The molecule has 2 N–H and O–H groups in total. The molecular formula is C18H15ClN2O5S. The van der Waals surface area contributed by atoms with Crippen molar-refractivity contribution in [1.29, 1.82) is 5.26 Å². The van der Waals surface area contributed by atoms with Gasteiger partial charge in [-0.1, -0.05) is 29.3 Å². The van der Waals surface area contributed by atoms with E-state index < -0.39 is 16.0 Å². The first kappa shape index (κ1) is 20.3. The highest BCUT2D eigenvalue weighted by molar-refractivity contribution is 7.87. The third kappa shape index (κ3) is 4.78.